The SMILES string of the molecule is Cc1n[nH]c(-c2ccccc2)c1C(=O)NOC(F)(F)F. The molecule has 0 saturated carbocycles. The summed E-state index contributed by atoms with van der Waals surface area (Å²) in [6, 6.07) is 8.65. The van der Waals surface area contributed by atoms with Gasteiger partial charge in [-0.3, -0.25) is 9.89 Å². The molecule has 2 rings (SSSR count). The normalized spacial score (nSPS) is 11.4. The number of hydrogen-bond acceptors (Lipinski definition) is 3. The molecule has 0 saturated heterocycles. The Kier molecular flexibility index (Phi) is 3.75. The largest absolute Gasteiger partial charge is 0.543 e. The zero-order valence-electron chi connectivity index (χ0n) is 10.3. The van der Waals surface area contributed by atoms with Crippen molar-refractivity contribution in [3.63, 3.8) is 0 Å². The van der Waals surface area contributed by atoms with Crippen molar-refractivity contribution < 1.29 is 22.8 Å². The predicted molar refractivity (Wildman–Crippen MR) is 63.4 cm³/mol. The highest BCUT2D eigenvalue weighted by atomic mass is 19.4. The number of carbonyl (C=O) groups is 1. The predicted octanol–water partition coefficient (Wildman–Crippen LogP) is 2.57. The highest BCUT2D eigenvalue weighted by Crippen LogP contribution is 2.23. The summed E-state index contributed by atoms with van der Waals surface area (Å²) in [4.78, 5) is 15.1. The van der Waals surface area contributed by atoms with E-state index >= 15 is 0 Å². The van der Waals surface area contributed by atoms with E-state index in [1.54, 1.807) is 30.3 Å². The van der Waals surface area contributed by atoms with Gasteiger partial charge in [-0.15, -0.1) is 13.2 Å². The standard InChI is InChI=1S/C12H10F3N3O2/c1-7-9(11(19)18-20-12(13,14)15)10(17-16-7)8-5-3-2-4-6-8/h2-6H,1H3,(H,16,17)(H,18,19). The van der Waals surface area contributed by atoms with Crippen LogP contribution >= 0.6 is 0 Å². The van der Waals surface area contributed by atoms with Crippen molar-refractivity contribution in [2.45, 2.75) is 13.3 Å². The number of aromatic amines is 1. The van der Waals surface area contributed by atoms with Gasteiger partial charge < -0.3 is 0 Å². The molecule has 1 aromatic carbocycles. The third-order valence-corrected chi connectivity index (χ3v) is 2.50. The van der Waals surface area contributed by atoms with Crippen LogP contribution in [0.4, 0.5) is 13.2 Å². The van der Waals surface area contributed by atoms with E-state index in [9.17, 15) is 18.0 Å². The van der Waals surface area contributed by atoms with Crippen LogP contribution in [0.25, 0.3) is 11.3 Å². The number of rotatable bonds is 3. The molecule has 20 heavy (non-hydrogen) atoms. The summed E-state index contributed by atoms with van der Waals surface area (Å²) in [5, 5.41) is 6.46. The molecule has 0 aliphatic heterocycles. The molecule has 1 aromatic heterocycles. The molecule has 0 aliphatic rings. The number of nitrogens with one attached hydrogen (secondary N) is 2. The van der Waals surface area contributed by atoms with E-state index in [1.807, 2.05) is 0 Å². The van der Waals surface area contributed by atoms with Crippen molar-refractivity contribution in [1.29, 1.82) is 0 Å². The van der Waals surface area contributed by atoms with Crippen LogP contribution in [0.1, 0.15) is 16.1 Å². The average Bonchev–Trinajstić information content (AvgIpc) is 2.78. The minimum absolute atomic E-state index is 0.000417. The number of aromatic nitrogens is 2. The van der Waals surface area contributed by atoms with Gasteiger partial charge in [-0.2, -0.15) is 9.94 Å². The topological polar surface area (TPSA) is 67.0 Å². The van der Waals surface area contributed by atoms with Crippen LogP contribution < -0.4 is 5.48 Å². The molecule has 0 aliphatic carbocycles. The quantitative estimate of drug-likeness (QED) is 0.852. The molecule has 0 atom stereocenters. The van der Waals surface area contributed by atoms with E-state index in [4.69, 9.17) is 0 Å². The lowest BCUT2D eigenvalue weighted by Gasteiger charge is -2.08. The molecule has 0 radical (unpaired) electrons. The second-order valence-electron chi connectivity index (χ2n) is 3.90. The van der Waals surface area contributed by atoms with Crippen molar-refractivity contribution in [3.05, 3.63) is 41.6 Å². The van der Waals surface area contributed by atoms with E-state index < -0.39 is 12.3 Å². The zero-order chi connectivity index (χ0) is 14.8. The number of alkyl halides is 3. The van der Waals surface area contributed by atoms with Gasteiger partial charge in [-0.05, 0) is 6.92 Å². The number of halogens is 3. The molecule has 2 aromatic rings. The summed E-state index contributed by atoms with van der Waals surface area (Å²) in [5.41, 5.74) is 2.58. The second kappa shape index (κ2) is 5.33. The number of hydrogen-bond donors (Lipinski definition) is 2. The van der Waals surface area contributed by atoms with E-state index in [1.165, 1.54) is 12.4 Å². The maximum atomic E-state index is 11.9. The Labute approximate surface area is 111 Å². The van der Waals surface area contributed by atoms with Crippen LogP contribution in [0.3, 0.4) is 0 Å². The average molecular weight is 285 g/mol. The van der Waals surface area contributed by atoms with Gasteiger partial charge in [-0.1, -0.05) is 30.3 Å². The highest BCUT2D eigenvalue weighted by Gasteiger charge is 2.32. The molecule has 0 bridgehead atoms. The highest BCUT2D eigenvalue weighted by molar-refractivity contribution is 6.00. The molecular weight excluding hydrogens is 275 g/mol. The first-order valence-electron chi connectivity index (χ1n) is 5.54. The van der Waals surface area contributed by atoms with E-state index in [0.717, 1.165) is 0 Å². The molecule has 0 fully saturated rings. The molecule has 2 N–H and O–H groups in total. The van der Waals surface area contributed by atoms with Crippen molar-refractivity contribution in [1.82, 2.24) is 15.7 Å². The summed E-state index contributed by atoms with van der Waals surface area (Å²) in [6.45, 7) is 1.51. The number of carbonyl (C=O) groups excluding carboxylic acids is 1. The number of amides is 1. The fraction of sp³-hybridized carbons (Fsp3) is 0.167. The van der Waals surface area contributed by atoms with Crippen LogP contribution in [0.2, 0.25) is 0 Å². The summed E-state index contributed by atoms with van der Waals surface area (Å²) in [6.07, 6.45) is -4.94. The Bertz CT molecular complexity index is 608. The van der Waals surface area contributed by atoms with Gasteiger partial charge >= 0.3 is 6.36 Å². The Hall–Kier alpha value is -2.35. The number of nitrogens with zero attached hydrogens (tertiary/aromatic N) is 1. The molecule has 1 amide bonds. The van der Waals surface area contributed by atoms with Crippen molar-refractivity contribution in [2.24, 2.45) is 0 Å². The van der Waals surface area contributed by atoms with Gasteiger partial charge in [0.05, 0.1) is 17.0 Å². The van der Waals surface area contributed by atoms with Crippen molar-refractivity contribution in [3.8, 4) is 11.3 Å². The van der Waals surface area contributed by atoms with Crippen LogP contribution in [-0.2, 0) is 4.84 Å². The fourth-order valence-electron chi connectivity index (χ4n) is 1.68. The number of aryl methyl sites for hydroxylation is 1. The monoisotopic (exact) mass is 285 g/mol. The maximum absolute atomic E-state index is 11.9. The minimum Gasteiger partial charge on any atom is -0.277 e. The van der Waals surface area contributed by atoms with Gasteiger partial charge in [0.2, 0.25) is 0 Å². The van der Waals surface area contributed by atoms with Crippen molar-refractivity contribution >= 4 is 5.91 Å². The summed E-state index contributed by atoms with van der Waals surface area (Å²) in [7, 11) is 0. The van der Waals surface area contributed by atoms with E-state index in [-0.39, 0.29) is 11.3 Å². The second-order valence-corrected chi connectivity index (χ2v) is 3.90. The van der Waals surface area contributed by atoms with Gasteiger partial charge in [0.25, 0.3) is 5.91 Å². The van der Waals surface area contributed by atoms with Gasteiger partial charge in [-0.25, -0.2) is 5.48 Å². The molecule has 0 unspecified atom stereocenters. The lowest BCUT2D eigenvalue weighted by Crippen LogP contribution is -2.31. The molecule has 1 heterocycles. The Balaban J connectivity index is 2.28. The molecule has 8 heteroatoms. The third kappa shape index (κ3) is 3.15. The van der Waals surface area contributed by atoms with Gasteiger partial charge in [0, 0.05) is 5.56 Å². The van der Waals surface area contributed by atoms with Crippen LogP contribution in [0, 0.1) is 6.92 Å². The first kappa shape index (κ1) is 14.1. The Morgan fingerprint density at radius 1 is 1.30 bits per heavy atom. The van der Waals surface area contributed by atoms with E-state index in [2.05, 4.69) is 15.0 Å². The van der Waals surface area contributed by atoms with Crippen LogP contribution in [0.15, 0.2) is 30.3 Å². The fourth-order valence-corrected chi connectivity index (χ4v) is 1.68. The summed E-state index contributed by atoms with van der Waals surface area (Å²) < 4.78 is 35.8. The summed E-state index contributed by atoms with van der Waals surface area (Å²) >= 11 is 0. The van der Waals surface area contributed by atoms with Crippen LogP contribution in [-0.4, -0.2) is 22.5 Å². The third-order valence-electron chi connectivity index (χ3n) is 2.50. The van der Waals surface area contributed by atoms with Crippen LogP contribution in [0.5, 0.6) is 0 Å². The smallest absolute Gasteiger partial charge is 0.277 e. The number of H-pyrrole nitrogens is 1. The van der Waals surface area contributed by atoms with E-state index in [0.29, 0.717) is 11.3 Å². The molecule has 5 nitrogen and oxygen atoms in total. The number of hydroxylamine groups is 1. The molecule has 106 valence electrons. The van der Waals surface area contributed by atoms with Gasteiger partial charge in [0.1, 0.15) is 0 Å². The number of benzene rings is 1. The first-order valence-corrected chi connectivity index (χ1v) is 5.54. The first-order chi connectivity index (χ1) is 9.38. The summed E-state index contributed by atoms with van der Waals surface area (Å²) in [5.74, 6) is -1.02. The van der Waals surface area contributed by atoms with Gasteiger partial charge in [0.15, 0.2) is 0 Å². The van der Waals surface area contributed by atoms with Crippen molar-refractivity contribution in [2.75, 3.05) is 0 Å². The molecular formula is C12H10F3N3O2. The Morgan fingerprint density at radius 3 is 2.55 bits per heavy atom. The Morgan fingerprint density at radius 2 is 1.95 bits per heavy atom. The zero-order valence-corrected chi connectivity index (χ0v) is 10.3. The lowest BCUT2D eigenvalue weighted by molar-refractivity contribution is -0.343. The maximum Gasteiger partial charge on any atom is 0.543 e. The minimum atomic E-state index is -4.94. The lowest BCUT2D eigenvalue weighted by atomic mass is 10.1. The molecule has 0 spiro atoms.